The monoisotopic (exact) mass is 580 g/mol. The van der Waals surface area contributed by atoms with E-state index < -0.39 is 0 Å². The fourth-order valence-electron chi connectivity index (χ4n) is 6.76. The van der Waals surface area contributed by atoms with Gasteiger partial charge in [-0.3, -0.25) is 4.98 Å². The topological polar surface area (TPSA) is 52.1 Å². The van der Waals surface area contributed by atoms with Crippen molar-refractivity contribution in [3.05, 3.63) is 132 Å². The van der Waals surface area contributed by atoms with Crippen LogP contribution in [0.4, 0.5) is 0 Å². The van der Waals surface area contributed by atoms with Crippen molar-refractivity contribution in [2.24, 2.45) is 0 Å². The zero-order valence-electron chi connectivity index (χ0n) is 25.2. The first kappa shape index (κ1) is 25.7. The number of furan rings is 2. The van der Waals surface area contributed by atoms with E-state index in [4.69, 9.17) is 13.8 Å². The highest BCUT2D eigenvalue weighted by atomic mass is 16.3. The van der Waals surface area contributed by atoms with E-state index in [1.165, 1.54) is 16.5 Å². The summed E-state index contributed by atoms with van der Waals surface area (Å²) in [5.41, 5.74) is 13.1. The van der Waals surface area contributed by atoms with E-state index in [9.17, 15) is 0 Å². The molecule has 0 aliphatic carbocycles. The molecule has 0 spiro atoms. The Hall–Kier alpha value is -5.74. The van der Waals surface area contributed by atoms with Gasteiger partial charge in [-0.15, -0.1) is 0 Å². The lowest BCUT2D eigenvalue weighted by molar-refractivity contribution is 0.653. The maximum atomic E-state index is 6.62. The van der Waals surface area contributed by atoms with Crippen molar-refractivity contribution in [3.63, 3.8) is 0 Å². The molecule has 0 aliphatic rings. The first-order chi connectivity index (χ1) is 22.0. The lowest BCUT2D eigenvalue weighted by atomic mass is 9.93. The second kappa shape index (κ2) is 9.63. The molecule has 0 saturated heterocycles. The Morgan fingerprint density at radius 2 is 1.29 bits per heavy atom. The zero-order chi connectivity index (χ0) is 30.2. The molecule has 0 amide bonds. The Balaban J connectivity index is 1.13. The number of aromatic nitrogens is 2. The van der Waals surface area contributed by atoms with Crippen molar-refractivity contribution >= 4 is 54.8 Å². The van der Waals surface area contributed by atoms with Gasteiger partial charge in [-0.25, -0.2) is 4.98 Å². The largest absolute Gasteiger partial charge is 0.455 e. The minimum absolute atomic E-state index is 0.685. The number of hydrogen-bond acceptors (Lipinski definition) is 4. The van der Waals surface area contributed by atoms with Gasteiger partial charge in [0.15, 0.2) is 0 Å². The van der Waals surface area contributed by atoms with Crippen molar-refractivity contribution in [3.8, 4) is 33.5 Å². The van der Waals surface area contributed by atoms with Gasteiger partial charge in [0.05, 0.1) is 5.69 Å². The average Bonchev–Trinajstić information content (AvgIpc) is 3.63. The number of para-hydroxylation sites is 1. The van der Waals surface area contributed by atoms with Crippen molar-refractivity contribution < 1.29 is 8.83 Å². The first-order valence-corrected chi connectivity index (χ1v) is 15.2. The van der Waals surface area contributed by atoms with Crippen LogP contribution in [0, 0.1) is 20.8 Å². The Bertz CT molecular complexity index is 2640. The lowest BCUT2D eigenvalue weighted by Crippen LogP contribution is -1.92. The maximum absolute atomic E-state index is 6.62. The molecule has 0 bridgehead atoms. The van der Waals surface area contributed by atoms with Gasteiger partial charge in [0.25, 0.3) is 0 Å². The maximum Gasteiger partial charge on any atom is 0.227 e. The van der Waals surface area contributed by atoms with Gasteiger partial charge in [0.1, 0.15) is 16.7 Å². The molecule has 0 N–H and O–H groups in total. The van der Waals surface area contributed by atoms with Gasteiger partial charge in [-0.1, -0.05) is 66.7 Å². The molecular weight excluding hydrogens is 552 g/mol. The molecule has 4 heteroatoms. The molecule has 214 valence electrons. The molecule has 9 rings (SSSR count). The highest BCUT2D eigenvalue weighted by Gasteiger charge is 2.17. The van der Waals surface area contributed by atoms with Crippen LogP contribution in [0.5, 0.6) is 0 Å². The van der Waals surface area contributed by atoms with Gasteiger partial charge in [0.2, 0.25) is 5.71 Å². The second-order valence-corrected chi connectivity index (χ2v) is 12.0. The quantitative estimate of drug-likeness (QED) is 0.209. The van der Waals surface area contributed by atoms with Gasteiger partial charge in [0, 0.05) is 44.4 Å². The average molecular weight is 581 g/mol. The van der Waals surface area contributed by atoms with E-state index in [0.717, 1.165) is 82.9 Å². The van der Waals surface area contributed by atoms with Crippen LogP contribution >= 0.6 is 0 Å². The van der Waals surface area contributed by atoms with Crippen molar-refractivity contribution in [1.29, 1.82) is 0 Å². The van der Waals surface area contributed by atoms with Crippen LogP contribution in [-0.4, -0.2) is 9.97 Å². The van der Waals surface area contributed by atoms with Crippen LogP contribution in [0.15, 0.2) is 124 Å². The molecule has 0 saturated carbocycles. The Labute approximate surface area is 259 Å². The van der Waals surface area contributed by atoms with Crippen molar-refractivity contribution in [1.82, 2.24) is 9.97 Å². The summed E-state index contributed by atoms with van der Waals surface area (Å²) in [6.45, 7) is 6.28. The molecule has 4 heterocycles. The molecule has 0 atom stereocenters. The molecule has 4 aromatic heterocycles. The van der Waals surface area contributed by atoms with Crippen LogP contribution in [-0.2, 0) is 0 Å². The second-order valence-electron chi connectivity index (χ2n) is 12.0. The summed E-state index contributed by atoms with van der Waals surface area (Å²) >= 11 is 0. The van der Waals surface area contributed by atoms with Crippen molar-refractivity contribution in [2.45, 2.75) is 20.8 Å². The van der Waals surface area contributed by atoms with Gasteiger partial charge < -0.3 is 8.83 Å². The third-order valence-corrected chi connectivity index (χ3v) is 9.10. The summed E-state index contributed by atoms with van der Waals surface area (Å²) in [7, 11) is 0. The summed E-state index contributed by atoms with van der Waals surface area (Å²) in [6, 6.07) is 38.5. The molecule has 9 aromatic rings. The number of fused-ring (bicyclic) bond motifs is 8. The Kier molecular flexibility index (Phi) is 5.51. The molecule has 0 unspecified atom stereocenters. The number of nitrogens with zero attached hydrogens (tertiary/aromatic N) is 2. The summed E-state index contributed by atoms with van der Waals surface area (Å²) in [6.07, 6.45) is 1.97. The highest BCUT2D eigenvalue weighted by molar-refractivity contribution is 6.17. The number of pyridine rings is 2. The zero-order valence-corrected chi connectivity index (χ0v) is 25.2. The normalized spacial score (nSPS) is 11.9. The van der Waals surface area contributed by atoms with Crippen LogP contribution in [0.3, 0.4) is 0 Å². The summed E-state index contributed by atoms with van der Waals surface area (Å²) in [5, 5.41) is 6.65. The SMILES string of the molecule is Cc1ccc2c(n1)oc1cc(-c3ccc(-c4cc(-c5cccc6c5oc5c7ccccc7ccc65)ncc4C)c(C)c3)ccc12. The fraction of sp³-hybridized carbons (Fsp3) is 0.0732. The van der Waals surface area contributed by atoms with E-state index >= 15 is 0 Å². The third kappa shape index (κ3) is 3.99. The first-order valence-electron chi connectivity index (χ1n) is 15.2. The summed E-state index contributed by atoms with van der Waals surface area (Å²) in [4.78, 5) is 9.46. The molecular formula is C41H28N2O2. The number of benzene rings is 5. The Morgan fingerprint density at radius 1 is 0.511 bits per heavy atom. The van der Waals surface area contributed by atoms with E-state index in [1.807, 2.05) is 19.2 Å². The van der Waals surface area contributed by atoms with Crippen LogP contribution in [0.1, 0.15) is 16.8 Å². The standard InChI is InChI=1S/C41H28N2O2/c1-23-19-27(28-14-17-31-34-15-11-25(3)43-41(34)44-38(31)20-28)13-16-29(23)36-21-37(42-22-24(36)2)35-10-6-9-32-33-18-12-26-7-4-5-8-30(26)39(33)45-40(32)35/h4-22H,1-3H3. The van der Waals surface area contributed by atoms with Crippen LogP contribution in [0.25, 0.3) is 88.3 Å². The fourth-order valence-corrected chi connectivity index (χ4v) is 6.76. The van der Waals surface area contributed by atoms with Crippen LogP contribution in [0.2, 0.25) is 0 Å². The van der Waals surface area contributed by atoms with Gasteiger partial charge in [-0.05, 0) is 102 Å². The molecule has 0 radical (unpaired) electrons. The number of hydrogen-bond donors (Lipinski definition) is 0. The van der Waals surface area contributed by atoms with Crippen LogP contribution < -0.4 is 0 Å². The molecule has 4 nitrogen and oxygen atoms in total. The predicted molar refractivity (Wildman–Crippen MR) is 185 cm³/mol. The minimum atomic E-state index is 0.685. The highest BCUT2D eigenvalue weighted by Crippen LogP contribution is 2.40. The lowest BCUT2D eigenvalue weighted by Gasteiger charge is -2.13. The third-order valence-electron chi connectivity index (χ3n) is 9.10. The summed E-state index contributed by atoms with van der Waals surface area (Å²) < 4.78 is 12.8. The molecule has 0 fully saturated rings. The van der Waals surface area contributed by atoms with Gasteiger partial charge in [-0.2, -0.15) is 0 Å². The predicted octanol–water partition coefficient (Wildman–Crippen LogP) is 11.4. The smallest absolute Gasteiger partial charge is 0.227 e. The number of rotatable bonds is 3. The van der Waals surface area contributed by atoms with E-state index in [1.54, 1.807) is 0 Å². The Morgan fingerprint density at radius 3 is 2.20 bits per heavy atom. The van der Waals surface area contributed by atoms with E-state index in [-0.39, 0.29) is 0 Å². The molecule has 45 heavy (non-hydrogen) atoms. The van der Waals surface area contributed by atoms with E-state index in [2.05, 4.69) is 122 Å². The number of aryl methyl sites for hydroxylation is 3. The van der Waals surface area contributed by atoms with Gasteiger partial charge >= 0.3 is 0 Å². The van der Waals surface area contributed by atoms with Crippen molar-refractivity contribution in [2.75, 3.05) is 0 Å². The van der Waals surface area contributed by atoms with E-state index in [0.29, 0.717) is 5.71 Å². The molecule has 0 aliphatic heterocycles. The molecule has 5 aromatic carbocycles. The minimum Gasteiger partial charge on any atom is -0.455 e. The summed E-state index contributed by atoms with van der Waals surface area (Å²) in [5.74, 6) is 0.